The van der Waals surface area contributed by atoms with Crippen LogP contribution in [0.1, 0.15) is 49.5 Å². The highest BCUT2D eigenvalue weighted by Gasteiger charge is 2.37. The maximum absolute atomic E-state index is 13.1. The summed E-state index contributed by atoms with van der Waals surface area (Å²) in [6.07, 6.45) is 0.551. The Balaban J connectivity index is 0.000000473. The Labute approximate surface area is 395 Å². The van der Waals surface area contributed by atoms with Gasteiger partial charge in [-0.3, -0.25) is 18.5 Å². The topological polar surface area (TPSA) is 219 Å². The van der Waals surface area contributed by atoms with E-state index in [2.05, 4.69) is 5.32 Å². The number of carbonyl (C=O) groups excluding carboxylic acids is 3. The van der Waals surface area contributed by atoms with Crippen LogP contribution in [-0.2, 0) is 48.7 Å². The number of ether oxygens (including phenoxy) is 3. The summed E-state index contributed by atoms with van der Waals surface area (Å²) in [5.74, 6) is -3.17. The van der Waals surface area contributed by atoms with E-state index in [0.717, 1.165) is 5.56 Å². The molecule has 4 N–H and O–H groups in total. The number of phenolic OH excluding ortho intramolecular Hbond substituents is 3. The van der Waals surface area contributed by atoms with Gasteiger partial charge in [-0.1, -0.05) is 54.6 Å². The van der Waals surface area contributed by atoms with Crippen molar-refractivity contribution in [2.24, 2.45) is 0 Å². The Morgan fingerprint density at radius 3 is 1.31 bits per heavy atom. The van der Waals surface area contributed by atoms with Gasteiger partial charge in [-0.05, 0) is 147 Å². The Morgan fingerprint density at radius 1 is 0.600 bits per heavy atom. The highest BCUT2D eigenvalue weighted by molar-refractivity contribution is 8.08. The van der Waals surface area contributed by atoms with Crippen molar-refractivity contribution in [3.05, 3.63) is 120 Å². The zero-order valence-corrected chi connectivity index (χ0v) is 42.6. The SMILES string of the molecule is CCOC(=O)C(Cc1ccc(O)cc1)NC.CCOC(=O)C(c1ccc(O)cc1)N(C)P(C)(=O)Cl.CCOC(=O)C(c1ccc(O)cc1)N(C)P(C)(=O)Oc1ccccc1.CP(=O)(Cl)Cl. The normalized spacial score (nSPS) is 14.1. The number of likely N-dealkylation sites (N-methyl/N-ethyl adjacent to an activating group) is 3. The number of nitrogens with zero attached hydrogens (tertiary/aromatic N) is 2. The standard InChI is InChI=1S/C18H22NO5P.C12H17ClNO4P.C12H17NO3.CH3Cl2OP/c1-4-23-18(21)17(14-10-12-15(20)13-11-14)19(2)25(3,22)24-16-8-6-5-7-9-16;1-4-18-12(16)11(14(2)19(3,13)17)9-5-7-10(15)8-6-9;1-3-16-12(15)11(13-2)8-9-4-6-10(14)7-5-9;1-5(2,3)4/h5-13,17,20H,4H2,1-3H3;5-8,11,15H,4H2,1-3H3;4-7,11,13-14H,3,8H2,1-2H3;1H3. The van der Waals surface area contributed by atoms with Gasteiger partial charge in [0.1, 0.15) is 41.1 Å². The van der Waals surface area contributed by atoms with E-state index in [1.165, 1.54) is 60.6 Å². The lowest BCUT2D eigenvalue weighted by Gasteiger charge is -2.31. The number of carbonyl (C=O) groups is 3. The molecule has 0 fully saturated rings. The molecule has 0 aliphatic heterocycles. The highest BCUT2D eigenvalue weighted by atomic mass is 35.9. The second-order valence-electron chi connectivity index (χ2n) is 13.8. The summed E-state index contributed by atoms with van der Waals surface area (Å²) < 4.78 is 58.2. The molecule has 22 heteroatoms. The molecule has 4 aromatic rings. The molecule has 4 rings (SSSR count). The average Bonchev–Trinajstić information content (AvgIpc) is 3.22. The Hall–Kier alpha value is -4.07. The van der Waals surface area contributed by atoms with Crippen molar-refractivity contribution in [1.82, 2.24) is 14.7 Å². The second-order valence-corrected chi connectivity index (χ2v) is 26.1. The fourth-order valence-corrected chi connectivity index (χ4v) is 7.53. The number of phenols is 3. The summed E-state index contributed by atoms with van der Waals surface area (Å²) in [5.41, 5.74) is 2.09. The van der Waals surface area contributed by atoms with Crippen molar-refractivity contribution in [2.75, 3.05) is 61.0 Å². The highest BCUT2D eigenvalue weighted by Crippen LogP contribution is 2.54. The van der Waals surface area contributed by atoms with Gasteiger partial charge in [-0.2, -0.15) is 0 Å². The van der Waals surface area contributed by atoms with Gasteiger partial charge in [0, 0.05) is 20.0 Å². The molecule has 65 heavy (non-hydrogen) atoms. The molecule has 360 valence electrons. The minimum Gasteiger partial charge on any atom is -0.508 e. The zero-order valence-electron chi connectivity index (χ0n) is 37.7. The summed E-state index contributed by atoms with van der Waals surface area (Å²) in [7, 11) is 1.43. The minimum atomic E-state index is -3.35. The Bertz CT molecular complexity index is 2190. The molecule has 0 aromatic heterocycles. The van der Waals surface area contributed by atoms with E-state index in [9.17, 15) is 38.3 Å². The third-order valence-electron chi connectivity index (χ3n) is 8.63. The lowest BCUT2D eigenvalue weighted by molar-refractivity contribution is -0.148. The first-order valence-electron chi connectivity index (χ1n) is 19.8. The van der Waals surface area contributed by atoms with Crippen LogP contribution in [0.15, 0.2) is 103 Å². The minimum absolute atomic E-state index is 0.0780. The molecule has 0 bridgehead atoms. The number of benzene rings is 4. The number of hydrogen-bond acceptors (Lipinski definition) is 14. The van der Waals surface area contributed by atoms with Crippen LogP contribution in [0.2, 0.25) is 0 Å². The monoisotopic (exact) mass is 1020 g/mol. The van der Waals surface area contributed by atoms with Crippen LogP contribution in [0.25, 0.3) is 0 Å². The molecule has 0 heterocycles. The van der Waals surface area contributed by atoms with Gasteiger partial charge >= 0.3 is 25.4 Å². The molecule has 0 spiro atoms. The molecule has 0 saturated heterocycles. The Morgan fingerprint density at radius 2 is 0.954 bits per heavy atom. The molecule has 0 saturated carbocycles. The van der Waals surface area contributed by atoms with E-state index in [0.29, 0.717) is 29.9 Å². The fraction of sp³-hybridized carbons (Fsp3) is 0.372. The average molecular weight is 1030 g/mol. The van der Waals surface area contributed by atoms with Gasteiger partial charge in [-0.15, -0.1) is 0 Å². The van der Waals surface area contributed by atoms with Crippen LogP contribution < -0.4 is 9.84 Å². The van der Waals surface area contributed by atoms with Crippen molar-refractivity contribution in [2.45, 2.75) is 45.3 Å². The summed E-state index contributed by atoms with van der Waals surface area (Å²) in [6.45, 7) is 6.95. The number of hydrogen-bond donors (Lipinski definition) is 4. The van der Waals surface area contributed by atoms with Crippen molar-refractivity contribution in [3.8, 4) is 23.0 Å². The van der Waals surface area contributed by atoms with E-state index in [4.69, 9.17) is 57.6 Å². The quantitative estimate of drug-likeness (QED) is 0.0439. The molecule has 5 unspecified atom stereocenters. The Kier molecular flexibility index (Phi) is 26.2. The lowest BCUT2D eigenvalue weighted by atomic mass is 10.1. The number of nitrogens with one attached hydrogen (secondary N) is 1. The van der Waals surface area contributed by atoms with Crippen molar-refractivity contribution < 1.29 is 62.1 Å². The van der Waals surface area contributed by atoms with E-state index in [-0.39, 0.29) is 42.5 Å². The molecule has 4 aromatic carbocycles. The predicted octanol–water partition coefficient (Wildman–Crippen LogP) is 10.2. The molecule has 0 amide bonds. The maximum Gasteiger partial charge on any atom is 0.328 e. The van der Waals surface area contributed by atoms with Crippen LogP contribution in [0.3, 0.4) is 0 Å². The summed E-state index contributed by atoms with van der Waals surface area (Å²) in [6, 6.07) is 25.6. The summed E-state index contributed by atoms with van der Waals surface area (Å²) in [5, 5.41) is 30.8. The number of para-hydroxylation sites is 1. The fourth-order valence-electron chi connectivity index (χ4n) is 5.34. The molecule has 0 aliphatic carbocycles. The van der Waals surface area contributed by atoms with Crippen LogP contribution in [0, 0.1) is 0 Å². The van der Waals surface area contributed by atoms with Crippen molar-refractivity contribution >= 4 is 71.6 Å². The first kappa shape index (κ1) is 58.9. The van der Waals surface area contributed by atoms with Crippen molar-refractivity contribution in [1.29, 1.82) is 0 Å². The van der Waals surface area contributed by atoms with Crippen LogP contribution in [0.5, 0.6) is 23.0 Å². The number of rotatable bonds is 17. The number of aromatic hydroxyl groups is 3. The third kappa shape index (κ3) is 22.8. The smallest absolute Gasteiger partial charge is 0.328 e. The van der Waals surface area contributed by atoms with Gasteiger partial charge in [-0.25, -0.2) is 18.9 Å². The molecular formula is C43H59Cl3N3O13P3. The van der Waals surface area contributed by atoms with E-state index in [1.54, 1.807) is 108 Å². The molecule has 0 radical (unpaired) electrons. The molecule has 0 aliphatic rings. The van der Waals surface area contributed by atoms with Gasteiger partial charge in [0.2, 0.25) is 12.5 Å². The van der Waals surface area contributed by atoms with Crippen LogP contribution in [0.4, 0.5) is 0 Å². The lowest BCUT2D eigenvalue weighted by Crippen LogP contribution is -2.37. The molecular weight excluding hydrogens is 966 g/mol. The van der Waals surface area contributed by atoms with E-state index < -0.39 is 44.0 Å². The predicted molar refractivity (Wildman–Crippen MR) is 257 cm³/mol. The van der Waals surface area contributed by atoms with Gasteiger partial charge < -0.3 is 39.4 Å². The number of esters is 3. The maximum atomic E-state index is 13.1. The van der Waals surface area contributed by atoms with E-state index in [1.807, 2.05) is 6.07 Å². The number of halogens is 3. The summed E-state index contributed by atoms with van der Waals surface area (Å²) >= 11 is 15.5. The van der Waals surface area contributed by atoms with Gasteiger partial charge in [0.25, 0.3) is 0 Å². The first-order chi connectivity index (χ1) is 30.3. The third-order valence-corrected chi connectivity index (χ3v) is 12.6. The second kappa shape index (κ2) is 28.9. The van der Waals surface area contributed by atoms with Crippen LogP contribution in [-0.4, -0.2) is 110 Å². The van der Waals surface area contributed by atoms with Crippen LogP contribution >= 0.6 is 53.7 Å². The molecule has 5 atom stereocenters. The van der Waals surface area contributed by atoms with Gasteiger partial charge in [0.15, 0.2) is 0 Å². The largest absolute Gasteiger partial charge is 0.508 e. The molecule has 16 nitrogen and oxygen atoms in total. The summed E-state index contributed by atoms with van der Waals surface area (Å²) in [4.78, 5) is 36.0. The first-order valence-corrected chi connectivity index (χ1v) is 28.8. The van der Waals surface area contributed by atoms with E-state index >= 15 is 0 Å². The van der Waals surface area contributed by atoms with Gasteiger partial charge in [0.05, 0.1) is 19.8 Å². The van der Waals surface area contributed by atoms with Crippen molar-refractivity contribution in [3.63, 3.8) is 0 Å². The zero-order chi connectivity index (χ0) is 49.5.